The monoisotopic (exact) mass is 643 g/mol. The van der Waals surface area contributed by atoms with Crippen LogP contribution in [0.2, 0.25) is 0 Å². The highest BCUT2D eigenvalue weighted by Gasteiger charge is 2.39. The van der Waals surface area contributed by atoms with Gasteiger partial charge in [-0.3, -0.25) is 14.0 Å². The van der Waals surface area contributed by atoms with Crippen LogP contribution < -0.4 is 9.62 Å². The van der Waals surface area contributed by atoms with E-state index in [9.17, 15) is 30.8 Å². The van der Waals surface area contributed by atoms with Crippen LogP contribution >= 0.6 is 0 Å². The molecule has 0 spiro atoms. The van der Waals surface area contributed by atoms with Crippen LogP contribution in [0.5, 0.6) is 0 Å². The zero-order valence-electron chi connectivity index (χ0n) is 24.9. The molecular weight excluding hydrogens is 606 g/mol. The third-order valence-corrected chi connectivity index (χ3v) is 11.1. The lowest BCUT2D eigenvalue weighted by Crippen LogP contribution is -2.46. The molecule has 0 aromatic heterocycles. The molecule has 240 valence electrons. The number of halogens is 4. The highest BCUT2D eigenvalue weighted by molar-refractivity contribution is 7.92. The summed E-state index contributed by atoms with van der Waals surface area (Å²) in [6.07, 6.45) is -0.990. The van der Waals surface area contributed by atoms with Gasteiger partial charge in [0.15, 0.2) is 0 Å². The predicted molar refractivity (Wildman–Crippen MR) is 164 cm³/mol. The minimum absolute atomic E-state index is 0.124. The second kappa shape index (κ2) is 12.7. The number of alkyl halides is 4. The van der Waals surface area contributed by atoms with Crippen LogP contribution in [0.25, 0.3) is 0 Å². The van der Waals surface area contributed by atoms with Gasteiger partial charge in [-0.15, -0.1) is 0 Å². The highest BCUT2D eigenvalue weighted by atomic mass is 32.2. The fourth-order valence-corrected chi connectivity index (χ4v) is 8.69. The summed E-state index contributed by atoms with van der Waals surface area (Å²) in [5.74, 6) is -0.306. The molecule has 1 amide bonds. The van der Waals surface area contributed by atoms with Gasteiger partial charge in [-0.05, 0) is 91.5 Å². The molecule has 1 unspecified atom stereocenters. The van der Waals surface area contributed by atoms with Crippen LogP contribution in [-0.2, 0) is 40.4 Å². The Hall–Kier alpha value is -3.44. The summed E-state index contributed by atoms with van der Waals surface area (Å²) < 4.78 is 83.1. The first kappa shape index (κ1) is 31.5. The zero-order chi connectivity index (χ0) is 31.8. The average molecular weight is 644 g/mol. The number of carbonyl (C=O) groups is 1. The minimum atomic E-state index is -4.70. The molecule has 3 aliphatic rings. The van der Waals surface area contributed by atoms with Gasteiger partial charge in [0.2, 0.25) is 5.91 Å². The number of aryl methyl sites for hydroxylation is 2. The molecule has 0 saturated carbocycles. The number of fused-ring (bicyclic) bond motifs is 2. The van der Waals surface area contributed by atoms with Gasteiger partial charge >= 0.3 is 6.18 Å². The van der Waals surface area contributed by atoms with Crippen molar-refractivity contribution in [2.45, 2.75) is 87.2 Å². The molecule has 0 bridgehead atoms. The summed E-state index contributed by atoms with van der Waals surface area (Å²) in [5.41, 5.74) is 3.47. The topological polar surface area (TPSA) is 69.7 Å². The van der Waals surface area contributed by atoms with Crippen molar-refractivity contribution in [3.05, 3.63) is 94.5 Å². The van der Waals surface area contributed by atoms with Gasteiger partial charge in [-0.1, -0.05) is 42.5 Å². The summed E-state index contributed by atoms with van der Waals surface area (Å²) in [5, 5.41) is 3.13. The van der Waals surface area contributed by atoms with Gasteiger partial charge < -0.3 is 5.32 Å². The average Bonchev–Trinajstić information content (AvgIpc) is 3.01. The fourth-order valence-electron chi connectivity index (χ4n) is 6.93. The molecule has 1 saturated heterocycles. The van der Waals surface area contributed by atoms with Gasteiger partial charge in [0.1, 0.15) is 6.17 Å². The number of para-hydroxylation sites is 1. The molecule has 1 fully saturated rings. The maximum absolute atomic E-state index is 14.0. The molecule has 1 aliphatic carbocycles. The largest absolute Gasteiger partial charge is 0.416 e. The van der Waals surface area contributed by atoms with E-state index in [2.05, 4.69) is 28.4 Å². The van der Waals surface area contributed by atoms with Crippen molar-refractivity contribution in [3.63, 3.8) is 0 Å². The Labute approximate surface area is 261 Å². The Bertz CT molecular complexity index is 1650. The third kappa shape index (κ3) is 6.89. The molecule has 6 rings (SSSR count). The van der Waals surface area contributed by atoms with Crippen molar-refractivity contribution in [2.24, 2.45) is 0 Å². The van der Waals surface area contributed by atoms with Crippen LogP contribution in [0.15, 0.2) is 71.6 Å². The summed E-state index contributed by atoms with van der Waals surface area (Å²) in [6, 6.07) is 16.0. The number of hydrogen-bond acceptors (Lipinski definition) is 4. The molecule has 1 N–H and O–H groups in total. The molecule has 0 radical (unpaired) electrons. The van der Waals surface area contributed by atoms with Crippen molar-refractivity contribution >= 4 is 21.6 Å². The Morgan fingerprint density at radius 3 is 2.44 bits per heavy atom. The van der Waals surface area contributed by atoms with E-state index in [0.29, 0.717) is 37.4 Å². The van der Waals surface area contributed by atoms with E-state index in [1.54, 1.807) is 24.3 Å². The van der Waals surface area contributed by atoms with Crippen molar-refractivity contribution in [1.29, 1.82) is 0 Å². The number of likely N-dealkylation sites (tertiary alicyclic amines) is 1. The predicted octanol–water partition coefficient (Wildman–Crippen LogP) is 6.73. The first-order chi connectivity index (χ1) is 21.5. The molecule has 11 heteroatoms. The Morgan fingerprint density at radius 2 is 1.67 bits per heavy atom. The third-order valence-electron chi connectivity index (χ3n) is 9.23. The Balaban J connectivity index is 1.20. The molecule has 45 heavy (non-hydrogen) atoms. The maximum Gasteiger partial charge on any atom is 0.416 e. The van der Waals surface area contributed by atoms with Gasteiger partial charge in [-0.2, -0.15) is 13.2 Å². The van der Waals surface area contributed by atoms with Crippen LogP contribution in [0.1, 0.15) is 72.4 Å². The van der Waals surface area contributed by atoms with Crippen LogP contribution in [0.4, 0.5) is 23.2 Å². The van der Waals surface area contributed by atoms with Gasteiger partial charge in [0.25, 0.3) is 10.0 Å². The summed E-state index contributed by atoms with van der Waals surface area (Å²) in [6.45, 7) is 2.24. The Kier molecular flexibility index (Phi) is 8.94. The van der Waals surface area contributed by atoms with E-state index in [-0.39, 0.29) is 18.4 Å². The van der Waals surface area contributed by atoms with Crippen LogP contribution in [0, 0.1) is 0 Å². The molecule has 2 aliphatic heterocycles. The standard InChI is InChI=1S/C34H37F4N3O3S/c35-27-15-17-40(18-16-27)22-23-11-14-30-25(19-23)6-3-9-31(30)39-33(42)21-28-13-12-24-5-1-2-10-32(24)41(28)45(43,44)29-8-4-7-26(20-29)34(36,37)38/h1-2,4-5,7-8,10-11,14,19-20,27-28,31H,3,6,9,12-13,15-18,21-22H2,(H,39,42)/t28?,31-/m1/s1. The maximum atomic E-state index is 14.0. The lowest BCUT2D eigenvalue weighted by molar-refractivity contribution is -0.137. The zero-order valence-corrected chi connectivity index (χ0v) is 25.7. The number of piperidine rings is 1. The number of carbonyl (C=O) groups excluding carboxylic acids is 1. The van der Waals surface area contributed by atoms with Crippen molar-refractivity contribution in [2.75, 3.05) is 17.4 Å². The smallest absolute Gasteiger partial charge is 0.349 e. The summed E-state index contributed by atoms with van der Waals surface area (Å²) in [7, 11) is -4.43. The molecular formula is C34H37F4N3O3S. The molecule has 2 atom stereocenters. The Morgan fingerprint density at radius 1 is 0.889 bits per heavy atom. The van der Waals surface area contributed by atoms with Crippen molar-refractivity contribution < 1.29 is 30.8 Å². The van der Waals surface area contributed by atoms with E-state index < -0.39 is 38.9 Å². The number of nitrogens with zero attached hydrogens (tertiary/aromatic N) is 2. The number of sulfonamides is 1. The highest BCUT2D eigenvalue weighted by Crippen LogP contribution is 2.38. The quantitative estimate of drug-likeness (QED) is 0.290. The van der Waals surface area contributed by atoms with Gasteiger partial charge in [0, 0.05) is 26.1 Å². The number of anilines is 1. The van der Waals surface area contributed by atoms with Crippen molar-refractivity contribution in [1.82, 2.24) is 10.2 Å². The SMILES string of the molecule is O=C(CC1CCc2ccccc2N1S(=O)(=O)c1cccc(C(F)(F)F)c1)N[C@@H]1CCCc2cc(CN3CCC(F)CC3)ccc21. The summed E-state index contributed by atoms with van der Waals surface area (Å²) in [4.78, 5) is 15.3. The second-order valence-corrected chi connectivity index (χ2v) is 14.2. The van der Waals surface area contributed by atoms with E-state index in [1.807, 2.05) is 0 Å². The molecule has 3 aromatic carbocycles. The number of rotatable bonds is 7. The second-order valence-electron chi connectivity index (χ2n) is 12.3. The normalized spacial score (nSPS) is 21.2. The first-order valence-electron chi connectivity index (χ1n) is 15.6. The number of benzene rings is 3. The number of hydrogen-bond donors (Lipinski definition) is 1. The molecule has 3 aromatic rings. The van der Waals surface area contributed by atoms with Crippen molar-refractivity contribution in [3.8, 4) is 0 Å². The van der Waals surface area contributed by atoms with E-state index >= 15 is 0 Å². The number of amides is 1. The molecule has 6 nitrogen and oxygen atoms in total. The minimum Gasteiger partial charge on any atom is -0.349 e. The summed E-state index contributed by atoms with van der Waals surface area (Å²) >= 11 is 0. The van der Waals surface area contributed by atoms with Crippen LogP contribution in [0.3, 0.4) is 0 Å². The first-order valence-corrected chi connectivity index (χ1v) is 17.0. The number of nitrogens with one attached hydrogen (secondary N) is 1. The van der Waals surface area contributed by atoms with Crippen LogP contribution in [-0.4, -0.2) is 44.5 Å². The van der Waals surface area contributed by atoms with Gasteiger partial charge in [-0.25, -0.2) is 12.8 Å². The van der Waals surface area contributed by atoms with E-state index in [4.69, 9.17) is 0 Å². The fraction of sp³-hybridized carbons (Fsp3) is 0.441. The van der Waals surface area contributed by atoms with E-state index in [0.717, 1.165) is 78.1 Å². The molecule has 2 heterocycles. The lowest BCUT2D eigenvalue weighted by Gasteiger charge is -2.38. The lowest BCUT2D eigenvalue weighted by atomic mass is 9.86. The van der Waals surface area contributed by atoms with E-state index in [1.165, 1.54) is 5.56 Å². The van der Waals surface area contributed by atoms with Gasteiger partial charge in [0.05, 0.1) is 28.2 Å².